The molecule has 2 aliphatic rings. The summed E-state index contributed by atoms with van der Waals surface area (Å²) in [5.41, 5.74) is 3.06. The Morgan fingerprint density at radius 3 is 2.67 bits per heavy atom. The van der Waals surface area contributed by atoms with Gasteiger partial charge in [0.1, 0.15) is 17.6 Å². The second-order valence-electron chi connectivity index (χ2n) is 9.18. The number of carbonyl (C=O) groups is 1. The summed E-state index contributed by atoms with van der Waals surface area (Å²) in [6.07, 6.45) is 1.24. The molecule has 1 aromatic heterocycles. The predicted molar refractivity (Wildman–Crippen MR) is 126 cm³/mol. The maximum absolute atomic E-state index is 14.1. The second kappa shape index (κ2) is 8.33. The third kappa shape index (κ3) is 4.15. The van der Waals surface area contributed by atoms with Crippen molar-refractivity contribution in [1.29, 1.82) is 0 Å². The third-order valence-corrected chi connectivity index (χ3v) is 6.95. The van der Waals surface area contributed by atoms with E-state index in [1.165, 1.54) is 17.8 Å². The molecule has 1 aliphatic carbocycles. The smallest absolute Gasteiger partial charge is 0.227 e. The lowest BCUT2D eigenvalue weighted by atomic mass is 9.73. The van der Waals surface area contributed by atoms with Gasteiger partial charge in [-0.2, -0.15) is 4.98 Å². The molecule has 2 aromatic carbocycles. The highest BCUT2D eigenvalue weighted by atomic mass is 32.2. The monoisotopic (exact) mass is 464 g/mol. The molecule has 0 radical (unpaired) electrons. The number of hydrogen-bond acceptors (Lipinski definition) is 6. The number of ketones is 1. The molecule has 0 bridgehead atoms. The minimum Gasteiger partial charge on any atom is -0.497 e. The van der Waals surface area contributed by atoms with Crippen molar-refractivity contribution in [3.63, 3.8) is 0 Å². The predicted octanol–water partition coefficient (Wildman–Crippen LogP) is 5.38. The first-order valence-electron chi connectivity index (χ1n) is 10.8. The highest BCUT2D eigenvalue weighted by molar-refractivity contribution is 7.98. The van der Waals surface area contributed by atoms with Crippen LogP contribution >= 0.6 is 11.8 Å². The van der Waals surface area contributed by atoms with Gasteiger partial charge in [-0.15, -0.1) is 5.10 Å². The Hall–Kier alpha value is -3.13. The minimum absolute atomic E-state index is 0.122. The lowest BCUT2D eigenvalue weighted by Crippen LogP contribution is -2.36. The highest BCUT2D eigenvalue weighted by Gasteiger charge is 2.41. The van der Waals surface area contributed by atoms with Crippen LogP contribution in [0.1, 0.15) is 43.9 Å². The molecular formula is C25H25FN4O2S. The summed E-state index contributed by atoms with van der Waals surface area (Å²) >= 11 is 1.37. The van der Waals surface area contributed by atoms with Crippen LogP contribution < -0.4 is 10.1 Å². The summed E-state index contributed by atoms with van der Waals surface area (Å²) in [7, 11) is 1.63. The summed E-state index contributed by atoms with van der Waals surface area (Å²) in [5, 5.41) is 8.63. The van der Waals surface area contributed by atoms with Crippen molar-refractivity contribution >= 4 is 23.5 Å². The number of thioether (sulfide) groups is 1. The first-order valence-corrected chi connectivity index (χ1v) is 11.8. The van der Waals surface area contributed by atoms with Crippen molar-refractivity contribution in [2.75, 3.05) is 12.4 Å². The fraction of sp³-hybridized carbons (Fsp3) is 0.320. The van der Waals surface area contributed by atoms with Gasteiger partial charge < -0.3 is 10.1 Å². The van der Waals surface area contributed by atoms with E-state index in [1.807, 2.05) is 30.3 Å². The van der Waals surface area contributed by atoms with Crippen molar-refractivity contribution in [3.05, 3.63) is 76.7 Å². The molecule has 1 unspecified atom stereocenters. The zero-order valence-electron chi connectivity index (χ0n) is 18.8. The third-order valence-electron chi connectivity index (χ3n) is 6.06. The van der Waals surface area contributed by atoms with Gasteiger partial charge >= 0.3 is 0 Å². The van der Waals surface area contributed by atoms with E-state index in [9.17, 15) is 9.18 Å². The van der Waals surface area contributed by atoms with Gasteiger partial charge in [0.2, 0.25) is 11.1 Å². The van der Waals surface area contributed by atoms with Crippen molar-refractivity contribution in [1.82, 2.24) is 14.8 Å². The normalized spacial score (nSPS) is 19.0. The summed E-state index contributed by atoms with van der Waals surface area (Å²) in [4.78, 5) is 18.0. The summed E-state index contributed by atoms with van der Waals surface area (Å²) in [6, 6.07) is 14.0. The molecule has 0 saturated heterocycles. The number of fused-ring (bicyclic) bond motifs is 1. The molecule has 1 atom stereocenters. The number of Topliss-reactive ketones (excluding diaryl/α,β-unsaturated/α-hetero) is 1. The van der Waals surface area contributed by atoms with Gasteiger partial charge in [0.15, 0.2) is 5.78 Å². The van der Waals surface area contributed by atoms with E-state index in [1.54, 1.807) is 23.9 Å². The van der Waals surface area contributed by atoms with Gasteiger partial charge in [0.05, 0.1) is 7.11 Å². The topological polar surface area (TPSA) is 69.0 Å². The molecule has 1 N–H and O–H groups in total. The Balaban J connectivity index is 1.53. The van der Waals surface area contributed by atoms with Crippen LogP contribution in [-0.2, 0) is 10.5 Å². The molecule has 6 nitrogen and oxygen atoms in total. The van der Waals surface area contributed by atoms with Crippen LogP contribution in [0.2, 0.25) is 0 Å². The molecule has 2 heterocycles. The van der Waals surface area contributed by atoms with Crippen molar-refractivity contribution in [2.45, 2.75) is 43.6 Å². The Bertz CT molecular complexity index is 1250. The Morgan fingerprint density at radius 2 is 1.94 bits per heavy atom. The summed E-state index contributed by atoms with van der Waals surface area (Å²) in [6.45, 7) is 4.21. The Morgan fingerprint density at radius 1 is 1.18 bits per heavy atom. The van der Waals surface area contributed by atoms with Crippen LogP contribution in [0.25, 0.3) is 0 Å². The zero-order valence-corrected chi connectivity index (χ0v) is 19.6. The molecule has 0 amide bonds. The number of benzene rings is 2. The number of methoxy groups -OCH3 is 1. The molecule has 170 valence electrons. The average Bonchev–Trinajstić information content (AvgIpc) is 3.19. The maximum atomic E-state index is 14.1. The number of anilines is 1. The van der Waals surface area contributed by atoms with Crippen molar-refractivity contribution in [2.24, 2.45) is 5.41 Å². The molecule has 5 rings (SSSR count). The van der Waals surface area contributed by atoms with E-state index < -0.39 is 0 Å². The molecular weight excluding hydrogens is 439 g/mol. The zero-order chi connectivity index (χ0) is 23.2. The lowest BCUT2D eigenvalue weighted by Gasteiger charge is -2.38. The van der Waals surface area contributed by atoms with E-state index in [2.05, 4.69) is 24.1 Å². The van der Waals surface area contributed by atoms with E-state index in [-0.39, 0.29) is 23.1 Å². The number of carbonyl (C=O) groups excluding carboxylic acids is 1. The van der Waals surface area contributed by atoms with Crippen LogP contribution in [0, 0.1) is 11.2 Å². The largest absolute Gasteiger partial charge is 0.497 e. The number of nitrogens with one attached hydrogen (secondary N) is 1. The van der Waals surface area contributed by atoms with Gasteiger partial charge in [-0.1, -0.05) is 55.9 Å². The number of hydrogen-bond donors (Lipinski definition) is 1. The van der Waals surface area contributed by atoms with Crippen LogP contribution in [-0.4, -0.2) is 27.7 Å². The van der Waals surface area contributed by atoms with E-state index in [0.717, 1.165) is 29.0 Å². The van der Waals surface area contributed by atoms with Gasteiger partial charge in [0.25, 0.3) is 0 Å². The minimum atomic E-state index is -0.374. The molecule has 1 aliphatic heterocycles. The van der Waals surface area contributed by atoms with Crippen molar-refractivity contribution in [3.8, 4) is 5.75 Å². The van der Waals surface area contributed by atoms with Crippen LogP contribution in [0.4, 0.5) is 10.3 Å². The molecule has 0 saturated carbocycles. The van der Waals surface area contributed by atoms with Gasteiger partial charge in [-0.25, -0.2) is 9.07 Å². The first kappa shape index (κ1) is 21.7. The number of nitrogens with zero attached hydrogens (tertiary/aromatic N) is 3. The summed E-state index contributed by atoms with van der Waals surface area (Å²) in [5.74, 6) is 1.64. The van der Waals surface area contributed by atoms with Crippen LogP contribution in [0.5, 0.6) is 5.75 Å². The van der Waals surface area contributed by atoms with Gasteiger partial charge in [0, 0.05) is 23.4 Å². The number of ether oxygens (including phenoxy) is 1. The molecule has 33 heavy (non-hydrogen) atoms. The number of aromatic nitrogens is 3. The van der Waals surface area contributed by atoms with E-state index in [4.69, 9.17) is 9.84 Å². The molecule has 3 aromatic rings. The average molecular weight is 465 g/mol. The maximum Gasteiger partial charge on any atom is 0.227 e. The fourth-order valence-electron chi connectivity index (χ4n) is 4.50. The molecule has 8 heteroatoms. The Kier molecular flexibility index (Phi) is 5.48. The second-order valence-corrected chi connectivity index (χ2v) is 10.1. The SMILES string of the molecule is COc1ccc(C2C3=C(CC(C)(C)CC3=O)Nc3nc(SCc4ccccc4F)nn32)cc1. The molecule has 0 fully saturated rings. The first-order chi connectivity index (χ1) is 15.8. The number of rotatable bonds is 5. The Labute approximate surface area is 196 Å². The summed E-state index contributed by atoms with van der Waals surface area (Å²) < 4.78 is 21.1. The molecule has 0 spiro atoms. The number of allylic oxidation sites excluding steroid dienone is 2. The van der Waals surface area contributed by atoms with E-state index in [0.29, 0.717) is 28.8 Å². The lowest BCUT2D eigenvalue weighted by molar-refractivity contribution is -0.118. The van der Waals surface area contributed by atoms with Crippen molar-refractivity contribution < 1.29 is 13.9 Å². The fourth-order valence-corrected chi connectivity index (χ4v) is 5.32. The highest BCUT2D eigenvalue weighted by Crippen LogP contribution is 2.45. The van der Waals surface area contributed by atoms with Gasteiger partial charge in [-0.05, 0) is 41.2 Å². The van der Waals surface area contributed by atoms with Crippen LogP contribution in [0.15, 0.2) is 65.0 Å². The van der Waals surface area contributed by atoms with Gasteiger partial charge in [-0.3, -0.25) is 4.79 Å². The quantitative estimate of drug-likeness (QED) is 0.512. The van der Waals surface area contributed by atoms with Crippen LogP contribution in [0.3, 0.4) is 0 Å². The van der Waals surface area contributed by atoms with E-state index >= 15 is 0 Å². The number of halogens is 1. The standard InChI is InChI=1S/C25H25FN4O2S/c1-25(2)12-19-21(20(31)13-25)22(15-8-10-17(32-3)11-9-15)30-23(27-19)28-24(29-30)33-14-16-6-4-5-7-18(16)26/h4-11,22H,12-14H2,1-3H3,(H,27,28,29).